The average Bonchev–Trinajstić information content (AvgIpc) is 2.57. The second kappa shape index (κ2) is 9.93. The minimum Gasteiger partial charge on any atom is -0.464 e. The van der Waals surface area contributed by atoms with Crippen molar-refractivity contribution in [1.82, 2.24) is 5.32 Å². The van der Waals surface area contributed by atoms with E-state index < -0.39 is 23.0 Å². The van der Waals surface area contributed by atoms with Crippen LogP contribution in [0.1, 0.15) is 25.8 Å². The summed E-state index contributed by atoms with van der Waals surface area (Å²) in [5, 5.41) is 12.9. The zero-order valence-electron chi connectivity index (χ0n) is 14.1. The second-order valence-corrected chi connectivity index (χ2v) is 5.63. The third kappa shape index (κ3) is 7.35. The predicted octanol–water partition coefficient (Wildman–Crippen LogP) is 2.41. The van der Waals surface area contributed by atoms with E-state index in [1.54, 1.807) is 0 Å². The Hall–Kier alpha value is -3.08. The summed E-state index contributed by atoms with van der Waals surface area (Å²) in [6.07, 6.45) is 4.34. The summed E-state index contributed by atoms with van der Waals surface area (Å²) in [7, 11) is 0. The molecule has 0 spiro atoms. The molecule has 1 aromatic carbocycles. The number of hydrogen-bond acceptors (Lipinski definition) is 6. The van der Waals surface area contributed by atoms with Crippen LogP contribution in [0.25, 0.3) is 0 Å². The monoisotopic (exact) mass is 348 g/mol. The van der Waals surface area contributed by atoms with Crippen molar-refractivity contribution in [2.45, 2.75) is 32.9 Å². The van der Waals surface area contributed by atoms with Crippen LogP contribution >= 0.6 is 0 Å². The molecule has 0 aliphatic rings. The topological polar surface area (TPSA) is 108 Å². The van der Waals surface area contributed by atoms with Crippen LogP contribution < -0.4 is 5.32 Å². The van der Waals surface area contributed by atoms with Crippen molar-refractivity contribution in [2.24, 2.45) is 5.92 Å². The van der Waals surface area contributed by atoms with E-state index in [2.05, 4.69) is 11.2 Å². The summed E-state index contributed by atoms with van der Waals surface area (Å²) >= 11 is 0. The molecule has 0 saturated heterocycles. The Kier molecular flexibility index (Phi) is 7.93. The van der Waals surface area contributed by atoms with Gasteiger partial charge in [-0.3, -0.25) is 10.1 Å². The molecule has 0 aliphatic heterocycles. The van der Waals surface area contributed by atoms with Gasteiger partial charge in [-0.2, -0.15) is 0 Å². The van der Waals surface area contributed by atoms with Crippen molar-refractivity contribution in [3.05, 3.63) is 39.9 Å². The number of amides is 1. The zero-order valence-corrected chi connectivity index (χ0v) is 14.1. The summed E-state index contributed by atoms with van der Waals surface area (Å²) in [4.78, 5) is 33.7. The minimum absolute atomic E-state index is 0.0242. The Bertz CT molecular complexity index is 648. The van der Waals surface area contributed by atoms with Gasteiger partial charge in [0.15, 0.2) is 0 Å². The maximum atomic E-state index is 11.9. The summed E-state index contributed by atoms with van der Waals surface area (Å²) in [5.41, 5.74) is 0.506. The molecule has 0 bridgehead atoms. The number of benzene rings is 1. The van der Waals surface area contributed by atoms with E-state index >= 15 is 0 Å². The van der Waals surface area contributed by atoms with Crippen LogP contribution in [0.2, 0.25) is 0 Å². The maximum absolute atomic E-state index is 11.9. The number of ether oxygens (including phenoxy) is 2. The van der Waals surface area contributed by atoms with Gasteiger partial charge in [-0.15, -0.1) is 12.3 Å². The van der Waals surface area contributed by atoms with E-state index in [4.69, 9.17) is 15.9 Å². The first kappa shape index (κ1) is 20.0. The van der Waals surface area contributed by atoms with Gasteiger partial charge in [0.25, 0.3) is 5.69 Å². The molecule has 0 fully saturated rings. The first-order valence-corrected chi connectivity index (χ1v) is 7.60. The number of nitro groups is 1. The van der Waals surface area contributed by atoms with Crippen LogP contribution in [0.5, 0.6) is 0 Å². The molecule has 0 radical (unpaired) electrons. The van der Waals surface area contributed by atoms with Crippen LogP contribution in [0, 0.1) is 28.4 Å². The highest BCUT2D eigenvalue weighted by Gasteiger charge is 2.22. The van der Waals surface area contributed by atoms with Crippen LogP contribution in [0.4, 0.5) is 10.5 Å². The van der Waals surface area contributed by atoms with Gasteiger partial charge in [-0.05, 0) is 23.6 Å². The lowest BCUT2D eigenvalue weighted by atomic mass is 10.2. The summed E-state index contributed by atoms with van der Waals surface area (Å²) < 4.78 is 10.0. The molecule has 1 amide bonds. The van der Waals surface area contributed by atoms with Gasteiger partial charge in [-0.1, -0.05) is 13.8 Å². The number of nitrogens with one attached hydrogen (secondary N) is 1. The first-order chi connectivity index (χ1) is 11.8. The quantitative estimate of drug-likeness (QED) is 0.334. The fraction of sp³-hybridized carbons (Fsp3) is 0.412. The van der Waals surface area contributed by atoms with Crippen LogP contribution in [0.15, 0.2) is 24.3 Å². The predicted molar refractivity (Wildman–Crippen MR) is 89.5 cm³/mol. The molecule has 0 aliphatic carbocycles. The molecule has 1 rings (SSSR count). The zero-order chi connectivity index (χ0) is 18.8. The van der Waals surface area contributed by atoms with Gasteiger partial charge in [-0.25, -0.2) is 9.59 Å². The van der Waals surface area contributed by atoms with E-state index in [0.29, 0.717) is 5.56 Å². The molecule has 0 heterocycles. The van der Waals surface area contributed by atoms with Gasteiger partial charge in [0.2, 0.25) is 0 Å². The lowest BCUT2D eigenvalue weighted by molar-refractivity contribution is -0.384. The SMILES string of the molecule is C#CCC(NC(=O)OCc1ccc([N+](=O)[O-])cc1)C(=O)OCC(C)C. The van der Waals surface area contributed by atoms with Crippen molar-refractivity contribution < 1.29 is 24.0 Å². The number of nitro benzene ring substituents is 1. The molecule has 0 saturated carbocycles. The molecule has 25 heavy (non-hydrogen) atoms. The second-order valence-electron chi connectivity index (χ2n) is 5.63. The van der Waals surface area contributed by atoms with E-state index in [1.807, 2.05) is 13.8 Å². The van der Waals surface area contributed by atoms with Crippen molar-refractivity contribution >= 4 is 17.7 Å². The number of alkyl carbamates (subject to hydrolysis) is 1. The number of nitrogens with zero attached hydrogens (tertiary/aromatic N) is 1. The smallest absolute Gasteiger partial charge is 0.408 e. The highest BCUT2D eigenvalue weighted by atomic mass is 16.6. The number of rotatable bonds is 8. The molecular formula is C17H20N2O6. The van der Waals surface area contributed by atoms with Gasteiger partial charge in [0.05, 0.1) is 11.5 Å². The number of hydrogen-bond donors (Lipinski definition) is 1. The minimum atomic E-state index is -0.992. The van der Waals surface area contributed by atoms with Gasteiger partial charge in [0, 0.05) is 18.6 Å². The van der Waals surface area contributed by atoms with E-state index in [1.165, 1.54) is 24.3 Å². The Morgan fingerprint density at radius 3 is 2.44 bits per heavy atom. The summed E-state index contributed by atoms with van der Waals surface area (Å²) in [6.45, 7) is 3.89. The van der Waals surface area contributed by atoms with Gasteiger partial charge in [0.1, 0.15) is 12.6 Å². The largest absolute Gasteiger partial charge is 0.464 e. The molecule has 1 unspecified atom stereocenters. The van der Waals surface area contributed by atoms with Crippen LogP contribution in [-0.2, 0) is 20.9 Å². The molecule has 1 aromatic rings. The maximum Gasteiger partial charge on any atom is 0.408 e. The Balaban J connectivity index is 2.52. The van der Waals surface area contributed by atoms with Gasteiger partial charge >= 0.3 is 12.1 Å². The lowest BCUT2D eigenvalue weighted by Gasteiger charge is -2.16. The van der Waals surface area contributed by atoms with E-state index in [-0.39, 0.29) is 31.2 Å². The average molecular weight is 348 g/mol. The summed E-state index contributed by atoms with van der Waals surface area (Å²) in [5.74, 6) is 1.83. The number of carbonyl (C=O) groups is 2. The standard InChI is InChI=1S/C17H20N2O6/c1-4-5-15(16(20)24-10-12(2)3)18-17(21)25-11-13-6-8-14(9-7-13)19(22)23/h1,6-9,12,15H,5,10-11H2,2-3H3,(H,18,21). The third-order valence-corrected chi connectivity index (χ3v) is 2.97. The Morgan fingerprint density at radius 2 is 1.92 bits per heavy atom. The van der Waals surface area contributed by atoms with Crippen LogP contribution in [-0.4, -0.2) is 29.6 Å². The highest BCUT2D eigenvalue weighted by molar-refractivity contribution is 5.81. The number of carbonyl (C=O) groups excluding carboxylic acids is 2. The Morgan fingerprint density at radius 1 is 1.28 bits per heavy atom. The normalized spacial score (nSPS) is 11.3. The molecule has 1 atom stereocenters. The van der Waals surface area contributed by atoms with Crippen molar-refractivity contribution in [3.63, 3.8) is 0 Å². The summed E-state index contributed by atoms with van der Waals surface area (Å²) in [6, 6.07) is 4.57. The molecule has 1 N–H and O–H groups in total. The van der Waals surface area contributed by atoms with E-state index in [0.717, 1.165) is 0 Å². The number of non-ortho nitro benzene ring substituents is 1. The molecule has 134 valence electrons. The number of terminal acetylenes is 1. The fourth-order valence-corrected chi connectivity index (χ4v) is 1.71. The van der Waals surface area contributed by atoms with Gasteiger partial charge < -0.3 is 14.8 Å². The fourth-order valence-electron chi connectivity index (χ4n) is 1.71. The van der Waals surface area contributed by atoms with Crippen molar-refractivity contribution in [3.8, 4) is 12.3 Å². The van der Waals surface area contributed by atoms with E-state index in [9.17, 15) is 19.7 Å². The number of esters is 1. The molecule has 8 nitrogen and oxygen atoms in total. The van der Waals surface area contributed by atoms with Crippen molar-refractivity contribution in [1.29, 1.82) is 0 Å². The van der Waals surface area contributed by atoms with Crippen LogP contribution in [0.3, 0.4) is 0 Å². The third-order valence-electron chi connectivity index (χ3n) is 2.97. The van der Waals surface area contributed by atoms with Crippen molar-refractivity contribution in [2.75, 3.05) is 6.61 Å². The Labute approximate surface area is 145 Å². The first-order valence-electron chi connectivity index (χ1n) is 7.60. The molecular weight excluding hydrogens is 328 g/mol. The molecule has 8 heteroatoms. The highest BCUT2D eigenvalue weighted by Crippen LogP contribution is 2.12. The molecule has 0 aromatic heterocycles. The lowest BCUT2D eigenvalue weighted by Crippen LogP contribution is -2.42.